The Morgan fingerprint density at radius 1 is 1.10 bits per heavy atom. The van der Waals surface area contributed by atoms with Crippen LogP contribution >= 0.6 is 0 Å². The molecular formula is C17H30O3. The molecule has 116 valence electrons. The van der Waals surface area contributed by atoms with Gasteiger partial charge in [0.15, 0.2) is 0 Å². The molecule has 0 radical (unpaired) electrons. The second kappa shape index (κ2) is 9.98. The van der Waals surface area contributed by atoms with Crippen LogP contribution in [-0.2, 0) is 9.53 Å². The van der Waals surface area contributed by atoms with Gasteiger partial charge in [0, 0.05) is 0 Å². The summed E-state index contributed by atoms with van der Waals surface area (Å²) in [5.74, 6) is -0.754. The predicted octanol–water partition coefficient (Wildman–Crippen LogP) is 4.00. The quantitative estimate of drug-likeness (QED) is 0.374. The lowest BCUT2D eigenvalue weighted by molar-refractivity contribution is -0.142. The van der Waals surface area contributed by atoms with Crippen molar-refractivity contribution in [2.75, 3.05) is 0 Å². The molecule has 3 heteroatoms. The van der Waals surface area contributed by atoms with Crippen LogP contribution in [0, 0.1) is 5.92 Å². The highest BCUT2D eigenvalue weighted by atomic mass is 16.6. The zero-order valence-electron chi connectivity index (χ0n) is 13.0. The van der Waals surface area contributed by atoms with Crippen LogP contribution in [0.15, 0.2) is 12.2 Å². The van der Waals surface area contributed by atoms with E-state index in [1.54, 1.807) is 6.92 Å². The number of esters is 1. The first kappa shape index (κ1) is 17.2. The lowest BCUT2D eigenvalue weighted by Crippen LogP contribution is -2.23. The number of ether oxygens (including phenoxy) is 1. The van der Waals surface area contributed by atoms with Crippen LogP contribution in [0.5, 0.6) is 0 Å². The van der Waals surface area contributed by atoms with Crippen molar-refractivity contribution in [1.82, 2.24) is 0 Å². The lowest BCUT2D eigenvalue weighted by atomic mass is 10.0. The fourth-order valence-corrected chi connectivity index (χ4v) is 2.59. The largest absolute Gasteiger partial charge is 0.459 e. The topological polar surface area (TPSA) is 46.5 Å². The van der Waals surface area contributed by atoms with Crippen LogP contribution in [-0.4, -0.2) is 23.3 Å². The molecule has 1 saturated heterocycles. The van der Waals surface area contributed by atoms with Gasteiger partial charge in [-0.2, -0.15) is 0 Å². The summed E-state index contributed by atoms with van der Waals surface area (Å²) in [6.07, 6.45) is 14.2. The molecule has 1 aliphatic rings. The van der Waals surface area contributed by atoms with E-state index in [9.17, 15) is 9.90 Å². The maximum atomic E-state index is 11.5. The third-order valence-corrected chi connectivity index (χ3v) is 3.99. The van der Waals surface area contributed by atoms with Gasteiger partial charge in [0.2, 0.25) is 0 Å². The number of allylic oxidation sites excluding steroid dienone is 1. The van der Waals surface area contributed by atoms with E-state index in [0.29, 0.717) is 0 Å². The van der Waals surface area contributed by atoms with Gasteiger partial charge < -0.3 is 9.84 Å². The minimum absolute atomic E-state index is 0.294. The molecule has 1 N–H and O–H groups in total. The Hall–Kier alpha value is -0.830. The van der Waals surface area contributed by atoms with Crippen molar-refractivity contribution >= 4 is 5.97 Å². The molecule has 0 aromatic heterocycles. The Labute approximate surface area is 123 Å². The van der Waals surface area contributed by atoms with Crippen molar-refractivity contribution in [2.45, 2.75) is 83.8 Å². The van der Waals surface area contributed by atoms with Gasteiger partial charge in [0.1, 0.15) is 18.1 Å². The van der Waals surface area contributed by atoms with Crippen molar-refractivity contribution in [3.8, 4) is 0 Å². The highest BCUT2D eigenvalue weighted by molar-refractivity contribution is 5.77. The third-order valence-electron chi connectivity index (χ3n) is 3.99. The summed E-state index contributed by atoms with van der Waals surface area (Å²) < 4.78 is 4.99. The van der Waals surface area contributed by atoms with Crippen molar-refractivity contribution in [3.05, 3.63) is 12.2 Å². The SMILES string of the molecule is CCCCCCCCCCC=CC1C(=O)OC(C)C1O. The Balaban J connectivity index is 2.01. The highest BCUT2D eigenvalue weighted by Crippen LogP contribution is 2.23. The van der Waals surface area contributed by atoms with Gasteiger partial charge in [0.25, 0.3) is 0 Å². The Morgan fingerprint density at radius 3 is 2.25 bits per heavy atom. The molecule has 20 heavy (non-hydrogen) atoms. The maximum Gasteiger partial charge on any atom is 0.315 e. The number of hydrogen-bond acceptors (Lipinski definition) is 3. The van der Waals surface area contributed by atoms with Crippen LogP contribution in [0.25, 0.3) is 0 Å². The van der Waals surface area contributed by atoms with E-state index in [1.165, 1.54) is 44.9 Å². The molecule has 0 saturated carbocycles. The van der Waals surface area contributed by atoms with E-state index >= 15 is 0 Å². The first-order valence-electron chi connectivity index (χ1n) is 8.22. The molecule has 0 spiro atoms. The van der Waals surface area contributed by atoms with Crippen LogP contribution < -0.4 is 0 Å². The standard InChI is InChI=1S/C17H30O3/c1-3-4-5-6-7-8-9-10-11-12-13-15-16(18)14(2)20-17(15)19/h12-16,18H,3-11H2,1-2H3. The maximum absolute atomic E-state index is 11.5. The first-order valence-corrected chi connectivity index (χ1v) is 8.22. The fraction of sp³-hybridized carbons (Fsp3) is 0.824. The summed E-state index contributed by atoms with van der Waals surface area (Å²) in [4.78, 5) is 11.5. The van der Waals surface area contributed by atoms with Gasteiger partial charge in [-0.15, -0.1) is 0 Å². The van der Waals surface area contributed by atoms with Crippen LogP contribution in [0.4, 0.5) is 0 Å². The number of carbonyl (C=O) groups is 1. The van der Waals surface area contributed by atoms with E-state index in [1.807, 2.05) is 12.2 Å². The lowest BCUT2D eigenvalue weighted by Gasteiger charge is -2.07. The number of cyclic esters (lactones) is 1. The summed E-state index contributed by atoms with van der Waals surface area (Å²) in [6, 6.07) is 0. The summed E-state index contributed by atoms with van der Waals surface area (Å²) in [5, 5.41) is 9.77. The van der Waals surface area contributed by atoms with E-state index in [-0.39, 0.29) is 12.1 Å². The molecule has 1 fully saturated rings. The van der Waals surface area contributed by atoms with E-state index in [2.05, 4.69) is 6.92 Å². The van der Waals surface area contributed by atoms with Crippen molar-refractivity contribution in [1.29, 1.82) is 0 Å². The Bertz CT molecular complexity index is 299. The average molecular weight is 282 g/mol. The van der Waals surface area contributed by atoms with Gasteiger partial charge in [-0.25, -0.2) is 0 Å². The molecular weight excluding hydrogens is 252 g/mol. The number of aliphatic hydroxyl groups excluding tert-OH is 1. The third kappa shape index (κ3) is 6.08. The second-order valence-electron chi connectivity index (χ2n) is 5.85. The monoisotopic (exact) mass is 282 g/mol. The number of rotatable bonds is 10. The molecule has 0 bridgehead atoms. The van der Waals surface area contributed by atoms with Gasteiger partial charge in [-0.05, 0) is 19.8 Å². The van der Waals surface area contributed by atoms with E-state index in [0.717, 1.165) is 12.8 Å². The molecule has 1 aliphatic heterocycles. The van der Waals surface area contributed by atoms with Gasteiger partial charge >= 0.3 is 5.97 Å². The predicted molar refractivity (Wildman–Crippen MR) is 81.4 cm³/mol. The average Bonchev–Trinajstić information content (AvgIpc) is 2.67. The van der Waals surface area contributed by atoms with Crippen molar-refractivity contribution < 1.29 is 14.6 Å². The molecule has 0 aromatic rings. The second-order valence-corrected chi connectivity index (χ2v) is 5.85. The van der Waals surface area contributed by atoms with E-state index < -0.39 is 12.0 Å². The Kier molecular flexibility index (Phi) is 8.59. The summed E-state index contributed by atoms with van der Waals surface area (Å²) in [7, 11) is 0. The summed E-state index contributed by atoms with van der Waals surface area (Å²) in [5.41, 5.74) is 0. The van der Waals surface area contributed by atoms with Crippen molar-refractivity contribution in [2.24, 2.45) is 5.92 Å². The van der Waals surface area contributed by atoms with Gasteiger partial charge in [0.05, 0.1) is 0 Å². The molecule has 0 aromatic carbocycles. The minimum Gasteiger partial charge on any atom is -0.459 e. The highest BCUT2D eigenvalue weighted by Gasteiger charge is 2.39. The zero-order valence-corrected chi connectivity index (χ0v) is 13.0. The number of carbonyl (C=O) groups excluding carboxylic acids is 1. The fourth-order valence-electron chi connectivity index (χ4n) is 2.59. The van der Waals surface area contributed by atoms with Crippen LogP contribution in [0.1, 0.15) is 71.6 Å². The molecule has 0 amide bonds. The van der Waals surface area contributed by atoms with Gasteiger partial charge in [-0.3, -0.25) is 4.79 Å². The van der Waals surface area contributed by atoms with E-state index in [4.69, 9.17) is 4.74 Å². The Morgan fingerprint density at radius 2 is 1.70 bits per heavy atom. The van der Waals surface area contributed by atoms with Crippen LogP contribution in [0.3, 0.4) is 0 Å². The summed E-state index contributed by atoms with van der Waals surface area (Å²) >= 11 is 0. The number of hydrogen-bond donors (Lipinski definition) is 1. The summed E-state index contributed by atoms with van der Waals surface area (Å²) in [6.45, 7) is 3.97. The van der Waals surface area contributed by atoms with Gasteiger partial charge in [-0.1, -0.05) is 64.0 Å². The molecule has 1 heterocycles. The molecule has 0 aliphatic carbocycles. The molecule has 3 unspecified atom stereocenters. The molecule has 3 atom stereocenters. The first-order chi connectivity index (χ1) is 9.66. The normalized spacial score (nSPS) is 26.4. The number of aliphatic hydroxyl groups is 1. The molecule has 1 rings (SSSR count). The zero-order chi connectivity index (χ0) is 14.8. The number of unbranched alkanes of at least 4 members (excludes halogenated alkanes) is 8. The van der Waals surface area contributed by atoms with Crippen LogP contribution in [0.2, 0.25) is 0 Å². The smallest absolute Gasteiger partial charge is 0.315 e. The van der Waals surface area contributed by atoms with Crippen molar-refractivity contribution in [3.63, 3.8) is 0 Å². The molecule has 3 nitrogen and oxygen atoms in total. The minimum atomic E-state index is -0.683.